The van der Waals surface area contributed by atoms with Gasteiger partial charge in [-0.2, -0.15) is 0 Å². The third-order valence-electron chi connectivity index (χ3n) is 12.3. The second-order valence-electron chi connectivity index (χ2n) is 18.9. The molecule has 0 rings (SSSR count). The Labute approximate surface area is 368 Å². The van der Waals surface area contributed by atoms with Crippen LogP contribution in [0.25, 0.3) is 0 Å². The van der Waals surface area contributed by atoms with Crippen molar-refractivity contribution < 1.29 is 28.6 Å². The zero-order valence-corrected chi connectivity index (χ0v) is 40.4. The Balaban J connectivity index is 4.23. The number of rotatable bonds is 47. The van der Waals surface area contributed by atoms with E-state index >= 15 is 0 Å². The first kappa shape index (κ1) is 57.4. The van der Waals surface area contributed by atoms with Crippen molar-refractivity contribution in [3.05, 3.63) is 0 Å². The Kier molecular flexibility index (Phi) is 44.7. The molecule has 0 bridgehead atoms. The predicted molar refractivity (Wildman–Crippen MR) is 252 cm³/mol. The second kappa shape index (κ2) is 45.9. The maximum Gasteiger partial charge on any atom is 0.306 e. The summed E-state index contributed by atoms with van der Waals surface area (Å²) < 4.78 is 16.8. The quantitative estimate of drug-likeness (QED) is 0.0345. The zero-order valence-electron chi connectivity index (χ0n) is 40.4. The van der Waals surface area contributed by atoms with Crippen LogP contribution in [-0.2, 0) is 28.6 Å². The number of carbonyl (C=O) groups is 3. The van der Waals surface area contributed by atoms with Crippen molar-refractivity contribution in [2.24, 2.45) is 11.8 Å². The molecule has 0 saturated heterocycles. The lowest BCUT2D eigenvalue weighted by molar-refractivity contribution is -0.167. The fraction of sp³-hybridized carbons (Fsp3) is 0.943. The number of hydrogen-bond donors (Lipinski definition) is 0. The molecule has 0 aromatic carbocycles. The van der Waals surface area contributed by atoms with Crippen molar-refractivity contribution in [2.75, 3.05) is 13.2 Å². The van der Waals surface area contributed by atoms with Gasteiger partial charge in [-0.05, 0) is 31.1 Å². The van der Waals surface area contributed by atoms with E-state index in [-0.39, 0.29) is 31.1 Å². The summed E-state index contributed by atoms with van der Waals surface area (Å²) in [6.45, 7) is 11.4. The molecule has 0 fully saturated rings. The molecule has 0 amide bonds. The minimum Gasteiger partial charge on any atom is -0.462 e. The summed E-state index contributed by atoms with van der Waals surface area (Å²) in [5.74, 6) is 0.851. The molecular formula is C53H102O6. The molecule has 0 heterocycles. The van der Waals surface area contributed by atoms with Crippen LogP contribution in [0, 0.1) is 11.8 Å². The summed E-state index contributed by atoms with van der Waals surface area (Å²) >= 11 is 0. The number of esters is 3. The topological polar surface area (TPSA) is 78.9 Å². The number of hydrogen-bond acceptors (Lipinski definition) is 6. The summed E-state index contributed by atoms with van der Waals surface area (Å²) in [6, 6.07) is 0. The molecule has 6 nitrogen and oxygen atoms in total. The maximum atomic E-state index is 12.7. The molecule has 0 aliphatic heterocycles. The lowest BCUT2D eigenvalue weighted by atomic mass is 9.99. The van der Waals surface area contributed by atoms with Crippen LogP contribution in [-0.4, -0.2) is 37.2 Å². The first-order valence-electron chi connectivity index (χ1n) is 26.3. The first-order valence-corrected chi connectivity index (χ1v) is 26.3. The fourth-order valence-corrected chi connectivity index (χ4v) is 7.96. The minimum absolute atomic E-state index is 0.0638. The fourth-order valence-electron chi connectivity index (χ4n) is 7.96. The molecule has 0 aliphatic rings. The largest absolute Gasteiger partial charge is 0.462 e. The molecule has 0 radical (unpaired) electrons. The molecule has 1 unspecified atom stereocenters. The normalized spacial score (nSPS) is 12.5. The highest BCUT2D eigenvalue weighted by Gasteiger charge is 2.19. The van der Waals surface area contributed by atoms with Crippen molar-refractivity contribution in [1.82, 2.24) is 0 Å². The molecule has 0 aromatic heterocycles. The third-order valence-corrected chi connectivity index (χ3v) is 12.3. The Bertz CT molecular complexity index is 902. The van der Waals surface area contributed by atoms with E-state index in [4.69, 9.17) is 14.2 Å². The smallest absolute Gasteiger partial charge is 0.306 e. The van der Waals surface area contributed by atoms with Crippen LogP contribution < -0.4 is 0 Å². The Morgan fingerprint density at radius 3 is 0.966 bits per heavy atom. The first-order chi connectivity index (χ1) is 28.8. The van der Waals surface area contributed by atoms with Gasteiger partial charge in [-0.15, -0.1) is 0 Å². The molecule has 59 heavy (non-hydrogen) atoms. The standard InChI is InChI=1S/C53H102O6/c1-6-8-9-10-11-12-22-30-35-40-45-53(56)59-50(47-58-52(55)44-39-34-29-25-24-27-32-37-42-49(5)7-2)46-57-51(54)43-38-33-28-23-20-18-16-14-13-15-17-19-21-26-31-36-41-48(3)4/h48-50H,6-47H2,1-5H3/t49?,50-/m0/s1. The van der Waals surface area contributed by atoms with Gasteiger partial charge in [0.25, 0.3) is 0 Å². The van der Waals surface area contributed by atoms with Gasteiger partial charge in [0.15, 0.2) is 6.10 Å². The van der Waals surface area contributed by atoms with Crippen molar-refractivity contribution in [2.45, 2.75) is 298 Å². The van der Waals surface area contributed by atoms with Gasteiger partial charge >= 0.3 is 17.9 Å². The summed E-state index contributed by atoms with van der Waals surface area (Å²) in [5.41, 5.74) is 0. The highest BCUT2D eigenvalue weighted by molar-refractivity contribution is 5.71. The van der Waals surface area contributed by atoms with Crippen molar-refractivity contribution in [3.8, 4) is 0 Å². The highest BCUT2D eigenvalue weighted by Crippen LogP contribution is 2.18. The monoisotopic (exact) mass is 835 g/mol. The number of unbranched alkanes of at least 4 members (excludes halogenated alkanes) is 31. The van der Waals surface area contributed by atoms with E-state index in [1.165, 1.54) is 180 Å². The van der Waals surface area contributed by atoms with E-state index in [1.54, 1.807) is 0 Å². The number of carbonyl (C=O) groups excluding carboxylic acids is 3. The van der Waals surface area contributed by atoms with Crippen LogP contribution in [0.4, 0.5) is 0 Å². The van der Waals surface area contributed by atoms with Crippen molar-refractivity contribution in [3.63, 3.8) is 0 Å². The summed E-state index contributed by atoms with van der Waals surface area (Å²) in [7, 11) is 0. The van der Waals surface area contributed by atoms with Crippen molar-refractivity contribution in [1.29, 1.82) is 0 Å². The van der Waals surface area contributed by atoms with Gasteiger partial charge in [0.2, 0.25) is 0 Å². The van der Waals surface area contributed by atoms with Crippen LogP contribution in [0.15, 0.2) is 0 Å². The predicted octanol–water partition coefficient (Wildman–Crippen LogP) is 16.9. The molecule has 0 aliphatic carbocycles. The second-order valence-corrected chi connectivity index (χ2v) is 18.9. The van der Waals surface area contributed by atoms with Crippen LogP contribution >= 0.6 is 0 Å². The zero-order chi connectivity index (χ0) is 43.3. The molecule has 0 saturated carbocycles. The van der Waals surface area contributed by atoms with Crippen LogP contribution in [0.3, 0.4) is 0 Å². The van der Waals surface area contributed by atoms with Gasteiger partial charge in [0.05, 0.1) is 0 Å². The third kappa shape index (κ3) is 45.8. The van der Waals surface area contributed by atoms with Crippen molar-refractivity contribution >= 4 is 17.9 Å². The van der Waals surface area contributed by atoms with E-state index in [0.717, 1.165) is 69.6 Å². The van der Waals surface area contributed by atoms with Crippen LogP contribution in [0.5, 0.6) is 0 Å². The highest BCUT2D eigenvalue weighted by atomic mass is 16.6. The molecule has 350 valence electrons. The van der Waals surface area contributed by atoms with E-state index in [2.05, 4.69) is 34.6 Å². The van der Waals surface area contributed by atoms with Gasteiger partial charge in [-0.25, -0.2) is 0 Å². The van der Waals surface area contributed by atoms with Crippen LogP contribution in [0.2, 0.25) is 0 Å². The maximum absolute atomic E-state index is 12.7. The van der Waals surface area contributed by atoms with E-state index < -0.39 is 6.10 Å². The molecule has 0 aromatic rings. The lowest BCUT2D eigenvalue weighted by Gasteiger charge is -2.18. The summed E-state index contributed by atoms with van der Waals surface area (Å²) in [4.78, 5) is 37.9. The SMILES string of the molecule is CCCCCCCCCCCCC(=O)O[C@@H](COC(=O)CCCCCCCCCCCCCCCCCCC(C)C)COC(=O)CCCCCCCCCCC(C)CC. The van der Waals surface area contributed by atoms with E-state index in [1.807, 2.05) is 0 Å². The average Bonchev–Trinajstić information content (AvgIpc) is 3.22. The number of ether oxygens (including phenoxy) is 3. The molecular weight excluding hydrogens is 733 g/mol. The summed E-state index contributed by atoms with van der Waals surface area (Å²) in [6.07, 6.45) is 46.6. The lowest BCUT2D eigenvalue weighted by Crippen LogP contribution is -2.30. The van der Waals surface area contributed by atoms with Gasteiger partial charge < -0.3 is 14.2 Å². The Morgan fingerprint density at radius 1 is 0.356 bits per heavy atom. The van der Waals surface area contributed by atoms with E-state index in [9.17, 15) is 14.4 Å². The summed E-state index contributed by atoms with van der Waals surface area (Å²) in [5, 5.41) is 0. The van der Waals surface area contributed by atoms with Gasteiger partial charge in [-0.3, -0.25) is 14.4 Å². The van der Waals surface area contributed by atoms with Gasteiger partial charge in [0.1, 0.15) is 13.2 Å². The Hall–Kier alpha value is -1.59. The Morgan fingerprint density at radius 2 is 0.644 bits per heavy atom. The van der Waals surface area contributed by atoms with Crippen LogP contribution in [0.1, 0.15) is 291 Å². The molecule has 2 atom stereocenters. The minimum atomic E-state index is -0.761. The van der Waals surface area contributed by atoms with E-state index in [0.29, 0.717) is 19.3 Å². The molecule has 0 N–H and O–H groups in total. The average molecular weight is 835 g/mol. The molecule has 0 spiro atoms. The van der Waals surface area contributed by atoms with Gasteiger partial charge in [-0.1, -0.05) is 253 Å². The van der Waals surface area contributed by atoms with Gasteiger partial charge in [0, 0.05) is 19.3 Å². The molecule has 6 heteroatoms.